The Kier molecular flexibility index (Phi) is 7.46. The molecule has 0 aliphatic carbocycles. The average molecular weight is 416 g/mol. The van der Waals surface area contributed by atoms with Gasteiger partial charge >= 0.3 is 0 Å². The molecule has 28 heavy (non-hydrogen) atoms. The van der Waals surface area contributed by atoms with Gasteiger partial charge in [0.2, 0.25) is 0 Å². The average Bonchev–Trinajstić information content (AvgIpc) is 2.70. The van der Waals surface area contributed by atoms with Gasteiger partial charge in [0.15, 0.2) is 0 Å². The monoisotopic (exact) mass is 415 g/mol. The van der Waals surface area contributed by atoms with Crippen LogP contribution >= 0.6 is 23.2 Å². The Labute approximate surface area is 176 Å². The summed E-state index contributed by atoms with van der Waals surface area (Å²) in [7, 11) is 0. The van der Waals surface area contributed by atoms with Gasteiger partial charge in [-0.3, -0.25) is 0 Å². The van der Waals surface area contributed by atoms with Crippen LogP contribution in [0.3, 0.4) is 0 Å². The number of hydrogen-bond donors (Lipinski definition) is 1. The van der Waals surface area contributed by atoms with Crippen LogP contribution in [0.4, 0.5) is 5.69 Å². The number of hydrogen-bond acceptors (Lipinski definition) is 3. The van der Waals surface area contributed by atoms with E-state index in [2.05, 4.69) is 17.4 Å². The predicted octanol–water partition coefficient (Wildman–Crippen LogP) is 6.49. The van der Waals surface area contributed by atoms with E-state index in [9.17, 15) is 0 Å². The zero-order valence-corrected chi connectivity index (χ0v) is 17.2. The van der Waals surface area contributed by atoms with Crippen molar-refractivity contribution in [2.24, 2.45) is 0 Å². The second-order valence-corrected chi connectivity index (χ2v) is 7.34. The quantitative estimate of drug-likeness (QED) is 0.432. The van der Waals surface area contributed by atoms with Gasteiger partial charge in [0.1, 0.15) is 17.6 Å². The van der Waals surface area contributed by atoms with E-state index in [1.807, 2.05) is 49.4 Å². The van der Waals surface area contributed by atoms with Crippen LogP contribution in [0.1, 0.15) is 12.5 Å². The van der Waals surface area contributed by atoms with Crippen molar-refractivity contribution in [3.63, 3.8) is 0 Å². The van der Waals surface area contributed by atoms with Gasteiger partial charge in [-0.1, -0.05) is 53.5 Å². The van der Waals surface area contributed by atoms with Gasteiger partial charge in [0, 0.05) is 17.1 Å². The smallest absolute Gasteiger partial charge is 0.138 e. The molecule has 3 aromatic carbocycles. The van der Waals surface area contributed by atoms with E-state index >= 15 is 0 Å². The van der Waals surface area contributed by atoms with Crippen molar-refractivity contribution < 1.29 is 9.47 Å². The minimum atomic E-state index is -0.0551. The van der Waals surface area contributed by atoms with E-state index < -0.39 is 0 Å². The van der Waals surface area contributed by atoms with Crippen LogP contribution in [0.15, 0.2) is 72.8 Å². The highest BCUT2D eigenvalue weighted by Crippen LogP contribution is 2.28. The fourth-order valence-corrected chi connectivity index (χ4v) is 3.14. The summed E-state index contributed by atoms with van der Waals surface area (Å²) >= 11 is 12.1. The molecule has 0 fully saturated rings. The zero-order valence-electron chi connectivity index (χ0n) is 15.7. The number of ether oxygens (including phenoxy) is 2. The topological polar surface area (TPSA) is 30.5 Å². The second-order valence-electron chi connectivity index (χ2n) is 6.49. The van der Waals surface area contributed by atoms with E-state index in [4.69, 9.17) is 32.7 Å². The summed E-state index contributed by atoms with van der Waals surface area (Å²) < 4.78 is 11.7. The molecule has 1 atom stereocenters. The van der Waals surface area contributed by atoms with Crippen molar-refractivity contribution in [1.82, 2.24) is 0 Å². The molecular formula is C23H23Cl2NO2. The van der Waals surface area contributed by atoms with Crippen LogP contribution in [0.5, 0.6) is 11.5 Å². The summed E-state index contributed by atoms with van der Waals surface area (Å²) in [5.74, 6) is 1.49. The first kappa shape index (κ1) is 20.4. The first-order valence-corrected chi connectivity index (χ1v) is 9.98. The molecule has 0 heterocycles. The molecule has 0 saturated heterocycles. The molecule has 3 aromatic rings. The first-order valence-electron chi connectivity index (χ1n) is 9.22. The molecule has 5 heteroatoms. The fraction of sp³-hybridized carbons (Fsp3) is 0.217. The molecule has 0 aliphatic heterocycles. The van der Waals surface area contributed by atoms with Crippen LogP contribution in [0, 0.1) is 0 Å². The molecule has 0 bridgehead atoms. The molecule has 0 aliphatic rings. The van der Waals surface area contributed by atoms with Crippen LogP contribution < -0.4 is 14.8 Å². The molecule has 3 nitrogen and oxygen atoms in total. The van der Waals surface area contributed by atoms with Gasteiger partial charge in [-0.15, -0.1) is 0 Å². The Morgan fingerprint density at radius 3 is 2.39 bits per heavy atom. The van der Waals surface area contributed by atoms with Gasteiger partial charge in [0.25, 0.3) is 0 Å². The standard InChI is InChI=1S/C23H23Cl2NO2/c1-17(28-23-12-7-19(24)15-22(23)25)16-26-20-8-10-21(11-9-20)27-14-13-18-5-3-2-4-6-18/h2-12,15,17,26H,13-14,16H2,1H3. The van der Waals surface area contributed by atoms with Crippen molar-refractivity contribution >= 4 is 28.9 Å². The minimum absolute atomic E-state index is 0.0551. The van der Waals surface area contributed by atoms with Gasteiger partial charge in [-0.25, -0.2) is 0 Å². The van der Waals surface area contributed by atoms with Crippen molar-refractivity contribution in [1.29, 1.82) is 0 Å². The van der Waals surface area contributed by atoms with Gasteiger partial charge < -0.3 is 14.8 Å². The molecule has 0 radical (unpaired) electrons. The highest BCUT2D eigenvalue weighted by Gasteiger charge is 2.08. The Hall–Kier alpha value is -2.36. The molecule has 0 saturated carbocycles. The summed E-state index contributed by atoms with van der Waals surface area (Å²) in [6, 6.07) is 23.5. The lowest BCUT2D eigenvalue weighted by Crippen LogP contribution is -2.22. The third-order valence-corrected chi connectivity index (χ3v) is 4.70. The van der Waals surface area contributed by atoms with Gasteiger partial charge in [0.05, 0.1) is 18.2 Å². The highest BCUT2D eigenvalue weighted by molar-refractivity contribution is 6.35. The molecule has 1 unspecified atom stereocenters. The lowest BCUT2D eigenvalue weighted by Gasteiger charge is -2.17. The van der Waals surface area contributed by atoms with Crippen molar-refractivity contribution in [3.05, 3.63) is 88.4 Å². The maximum Gasteiger partial charge on any atom is 0.138 e. The Morgan fingerprint density at radius 2 is 1.68 bits per heavy atom. The van der Waals surface area contributed by atoms with Gasteiger partial charge in [-0.05, 0) is 55.0 Å². The fourth-order valence-electron chi connectivity index (χ4n) is 2.69. The number of nitrogens with one attached hydrogen (secondary N) is 1. The van der Waals surface area contributed by atoms with Crippen molar-refractivity contribution in [2.45, 2.75) is 19.4 Å². The Morgan fingerprint density at radius 1 is 0.929 bits per heavy atom. The third kappa shape index (κ3) is 6.36. The highest BCUT2D eigenvalue weighted by atomic mass is 35.5. The Bertz CT molecular complexity index is 870. The molecule has 0 spiro atoms. The van der Waals surface area contributed by atoms with Crippen molar-refractivity contribution in [3.8, 4) is 11.5 Å². The van der Waals surface area contributed by atoms with E-state index in [1.54, 1.807) is 18.2 Å². The number of halogens is 2. The molecule has 0 aromatic heterocycles. The summed E-state index contributed by atoms with van der Waals surface area (Å²) in [6.07, 6.45) is 0.837. The Balaban J connectivity index is 1.42. The lowest BCUT2D eigenvalue weighted by molar-refractivity contribution is 0.235. The van der Waals surface area contributed by atoms with Crippen LogP contribution in [-0.4, -0.2) is 19.3 Å². The van der Waals surface area contributed by atoms with Crippen LogP contribution in [-0.2, 0) is 6.42 Å². The minimum Gasteiger partial charge on any atom is -0.493 e. The molecule has 146 valence electrons. The molecule has 3 rings (SSSR count). The summed E-state index contributed by atoms with van der Waals surface area (Å²) in [5, 5.41) is 4.46. The second kappa shape index (κ2) is 10.3. The predicted molar refractivity (Wildman–Crippen MR) is 117 cm³/mol. The SMILES string of the molecule is CC(CNc1ccc(OCCc2ccccc2)cc1)Oc1ccc(Cl)cc1Cl. The third-order valence-electron chi connectivity index (χ3n) is 4.17. The summed E-state index contributed by atoms with van der Waals surface area (Å²) in [6.45, 7) is 3.29. The normalized spacial score (nSPS) is 11.7. The first-order chi connectivity index (χ1) is 13.6. The maximum atomic E-state index is 6.15. The van der Waals surface area contributed by atoms with Gasteiger partial charge in [-0.2, -0.15) is 0 Å². The molecule has 1 N–H and O–H groups in total. The zero-order chi connectivity index (χ0) is 19.8. The van der Waals surface area contributed by atoms with E-state index in [1.165, 1.54) is 5.56 Å². The number of anilines is 1. The maximum absolute atomic E-state index is 6.15. The summed E-state index contributed by atoms with van der Waals surface area (Å²) in [4.78, 5) is 0. The van der Waals surface area contributed by atoms with Crippen LogP contribution in [0.2, 0.25) is 10.0 Å². The van der Waals surface area contributed by atoms with Crippen molar-refractivity contribution in [2.75, 3.05) is 18.5 Å². The number of benzene rings is 3. The van der Waals surface area contributed by atoms with Crippen LogP contribution in [0.25, 0.3) is 0 Å². The largest absolute Gasteiger partial charge is 0.493 e. The van der Waals surface area contributed by atoms with E-state index in [-0.39, 0.29) is 6.10 Å². The summed E-state index contributed by atoms with van der Waals surface area (Å²) in [5.41, 5.74) is 2.28. The number of rotatable bonds is 9. The molecular weight excluding hydrogens is 393 g/mol. The van der Waals surface area contributed by atoms with E-state index in [0.29, 0.717) is 28.9 Å². The lowest BCUT2D eigenvalue weighted by atomic mass is 10.2. The molecule has 0 amide bonds. The van der Waals surface area contributed by atoms with E-state index in [0.717, 1.165) is 17.9 Å².